The highest BCUT2D eigenvalue weighted by Crippen LogP contribution is 2.30. The van der Waals surface area contributed by atoms with Crippen LogP contribution in [0.1, 0.15) is 31.4 Å². The summed E-state index contributed by atoms with van der Waals surface area (Å²) in [6.45, 7) is 4.70. The number of carbonyl (C=O) groups excluding carboxylic acids is 2. The molecule has 23 heavy (non-hydrogen) atoms. The van der Waals surface area contributed by atoms with Gasteiger partial charge in [0.05, 0.1) is 12.0 Å². The Kier molecular flexibility index (Phi) is 4.66. The lowest BCUT2D eigenvalue weighted by Crippen LogP contribution is -2.36. The predicted octanol–water partition coefficient (Wildman–Crippen LogP) is 1.40. The summed E-state index contributed by atoms with van der Waals surface area (Å²) >= 11 is 0. The molecule has 2 aliphatic rings. The van der Waals surface area contributed by atoms with Gasteiger partial charge in [-0.1, -0.05) is 30.3 Å². The lowest BCUT2D eigenvalue weighted by atomic mass is 10.1. The van der Waals surface area contributed by atoms with Crippen molar-refractivity contribution in [3.8, 4) is 0 Å². The summed E-state index contributed by atoms with van der Waals surface area (Å²) in [6.07, 6.45) is 1.31. The van der Waals surface area contributed by atoms with E-state index in [1.165, 1.54) is 0 Å². The van der Waals surface area contributed by atoms with Crippen LogP contribution in [0.4, 0.5) is 0 Å². The summed E-state index contributed by atoms with van der Waals surface area (Å²) in [5.74, 6) is 0.409. The van der Waals surface area contributed by atoms with Gasteiger partial charge in [0.15, 0.2) is 0 Å². The first kappa shape index (κ1) is 16.0. The standard InChI is InChI=1S/C18H25N3O2/c1-13(15-5-3-2-4-6-15)21-12-16(9-17(21)22)18(23)20-8-7-14(10-19)11-20/h2-6,13-14,16H,7-12,19H2,1H3. The third-order valence-corrected chi connectivity index (χ3v) is 5.19. The molecular formula is C18H25N3O2. The van der Waals surface area contributed by atoms with Crippen molar-refractivity contribution in [2.75, 3.05) is 26.2 Å². The zero-order chi connectivity index (χ0) is 16.4. The minimum Gasteiger partial charge on any atom is -0.342 e. The first-order chi connectivity index (χ1) is 11.1. The van der Waals surface area contributed by atoms with Crippen LogP contribution >= 0.6 is 0 Å². The van der Waals surface area contributed by atoms with Gasteiger partial charge in [-0.15, -0.1) is 0 Å². The van der Waals surface area contributed by atoms with Crippen molar-refractivity contribution < 1.29 is 9.59 Å². The summed E-state index contributed by atoms with van der Waals surface area (Å²) in [5.41, 5.74) is 6.81. The second kappa shape index (κ2) is 6.71. The molecule has 3 atom stereocenters. The van der Waals surface area contributed by atoms with Crippen LogP contribution in [0.2, 0.25) is 0 Å². The number of nitrogens with two attached hydrogens (primary N) is 1. The van der Waals surface area contributed by atoms with Crippen LogP contribution in [0, 0.1) is 11.8 Å². The van der Waals surface area contributed by atoms with Crippen molar-refractivity contribution >= 4 is 11.8 Å². The number of hydrogen-bond acceptors (Lipinski definition) is 3. The third kappa shape index (κ3) is 3.24. The molecule has 2 amide bonds. The molecule has 3 rings (SSSR count). The summed E-state index contributed by atoms with van der Waals surface area (Å²) in [6, 6.07) is 9.99. The fraction of sp³-hybridized carbons (Fsp3) is 0.556. The molecule has 5 nitrogen and oxygen atoms in total. The van der Waals surface area contributed by atoms with Crippen LogP contribution < -0.4 is 5.73 Å². The molecule has 2 heterocycles. The maximum absolute atomic E-state index is 12.7. The lowest BCUT2D eigenvalue weighted by molar-refractivity contribution is -0.135. The number of amides is 2. The van der Waals surface area contributed by atoms with Crippen LogP contribution in [0.25, 0.3) is 0 Å². The Bertz CT molecular complexity index is 575. The molecule has 0 radical (unpaired) electrons. The molecule has 2 saturated heterocycles. The molecule has 0 spiro atoms. The summed E-state index contributed by atoms with van der Waals surface area (Å²) < 4.78 is 0. The number of benzene rings is 1. The number of hydrogen-bond donors (Lipinski definition) is 1. The molecule has 2 aliphatic heterocycles. The van der Waals surface area contributed by atoms with Crippen LogP contribution in [-0.2, 0) is 9.59 Å². The Morgan fingerprint density at radius 1 is 1.30 bits per heavy atom. The van der Waals surface area contributed by atoms with Gasteiger partial charge in [0.25, 0.3) is 0 Å². The van der Waals surface area contributed by atoms with E-state index < -0.39 is 0 Å². The topological polar surface area (TPSA) is 66.6 Å². The maximum atomic E-state index is 12.7. The van der Waals surface area contributed by atoms with E-state index in [-0.39, 0.29) is 23.8 Å². The van der Waals surface area contributed by atoms with Crippen molar-refractivity contribution in [2.24, 2.45) is 17.6 Å². The Morgan fingerprint density at radius 3 is 2.70 bits per heavy atom. The van der Waals surface area contributed by atoms with Crippen LogP contribution in [0.3, 0.4) is 0 Å². The number of nitrogens with zero attached hydrogens (tertiary/aromatic N) is 2. The molecule has 1 aromatic carbocycles. The SMILES string of the molecule is CC(c1ccccc1)N1CC(C(=O)N2CCC(CN)C2)CC1=O. The largest absolute Gasteiger partial charge is 0.342 e. The summed E-state index contributed by atoms with van der Waals surface area (Å²) in [7, 11) is 0. The van der Waals surface area contributed by atoms with Crippen LogP contribution in [0.15, 0.2) is 30.3 Å². The van der Waals surface area contributed by atoms with Crippen molar-refractivity contribution in [3.05, 3.63) is 35.9 Å². The quantitative estimate of drug-likeness (QED) is 0.913. The van der Waals surface area contributed by atoms with E-state index in [1.807, 2.05) is 47.1 Å². The van der Waals surface area contributed by atoms with E-state index in [0.717, 1.165) is 25.1 Å². The first-order valence-corrected chi connectivity index (χ1v) is 8.43. The Hall–Kier alpha value is -1.88. The highest BCUT2D eigenvalue weighted by Gasteiger charge is 2.40. The zero-order valence-electron chi connectivity index (χ0n) is 13.6. The zero-order valence-corrected chi connectivity index (χ0v) is 13.6. The number of rotatable bonds is 4. The van der Waals surface area contributed by atoms with Crippen molar-refractivity contribution in [2.45, 2.75) is 25.8 Å². The molecular weight excluding hydrogens is 290 g/mol. The van der Waals surface area contributed by atoms with E-state index in [4.69, 9.17) is 5.73 Å². The fourth-order valence-corrected chi connectivity index (χ4v) is 3.67. The molecule has 0 aromatic heterocycles. The van der Waals surface area contributed by atoms with Gasteiger partial charge in [0.2, 0.25) is 11.8 Å². The second-order valence-corrected chi connectivity index (χ2v) is 6.71. The Labute approximate surface area is 137 Å². The van der Waals surface area contributed by atoms with Crippen molar-refractivity contribution in [3.63, 3.8) is 0 Å². The van der Waals surface area contributed by atoms with Gasteiger partial charge >= 0.3 is 0 Å². The normalized spacial score (nSPS) is 25.9. The average Bonchev–Trinajstić information content (AvgIpc) is 3.21. The van der Waals surface area contributed by atoms with Crippen molar-refractivity contribution in [1.29, 1.82) is 0 Å². The fourth-order valence-electron chi connectivity index (χ4n) is 3.67. The Morgan fingerprint density at radius 2 is 2.04 bits per heavy atom. The predicted molar refractivity (Wildman–Crippen MR) is 88.4 cm³/mol. The molecule has 3 unspecified atom stereocenters. The van der Waals surface area contributed by atoms with Crippen LogP contribution in [-0.4, -0.2) is 47.8 Å². The minimum absolute atomic E-state index is 0.0110. The smallest absolute Gasteiger partial charge is 0.228 e. The van der Waals surface area contributed by atoms with Gasteiger partial charge < -0.3 is 15.5 Å². The number of likely N-dealkylation sites (tertiary alicyclic amines) is 2. The van der Waals surface area contributed by atoms with Crippen LogP contribution in [0.5, 0.6) is 0 Å². The van der Waals surface area contributed by atoms with E-state index in [1.54, 1.807) is 0 Å². The molecule has 0 aliphatic carbocycles. The van der Waals surface area contributed by atoms with Gasteiger partial charge in [-0.25, -0.2) is 0 Å². The van der Waals surface area contributed by atoms with E-state index in [2.05, 4.69) is 0 Å². The molecule has 0 bridgehead atoms. The molecule has 2 N–H and O–H groups in total. The van der Waals surface area contributed by atoms with E-state index >= 15 is 0 Å². The van der Waals surface area contributed by atoms with E-state index in [0.29, 0.717) is 25.4 Å². The monoisotopic (exact) mass is 315 g/mol. The highest BCUT2D eigenvalue weighted by atomic mass is 16.2. The lowest BCUT2D eigenvalue weighted by Gasteiger charge is -2.26. The van der Waals surface area contributed by atoms with Gasteiger partial charge in [-0.2, -0.15) is 0 Å². The van der Waals surface area contributed by atoms with Crippen molar-refractivity contribution in [1.82, 2.24) is 9.80 Å². The molecule has 5 heteroatoms. The van der Waals surface area contributed by atoms with Gasteiger partial charge in [-0.3, -0.25) is 9.59 Å². The van der Waals surface area contributed by atoms with Gasteiger partial charge in [0, 0.05) is 26.1 Å². The van der Waals surface area contributed by atoms with E-state index in [9.17, 15) is 9.59 Å². The highest BCUT2D eigenvalue weighted by molar-refractivity contribution is 5.89. The molecule has 124 valence electrons. The third-order valence-electron chi connectivity index (χ3n) is 5.19. The summed E-state index contributed by atoms with van der Waals surface area (Å²) in [4.78, 5) is 28.8. The number of carbonyl (C=O) groups is 2. The first-order valence-electron chi connectivity index (χ1n) is 8.43. The van der Waals surface area contributed by atoms with Gasteiger partial charge in [-0.05, 0) is 31.4 Å². The average molecular weight is 315 g/mol. The molecule has 1 aromatic rings. The Balaban J connectivity index is 1.64. The minimum atomic E-state index is -0.204. The maximum Gasteiger partial charge on any atom is 0.228 e. The molecule has 2 fully saturated rings. The second-order valence-electron chi connectivity index (χ2n) is 6.71. The summed E-state index contributed by atoms with van der Waals surface area (Å²) in [5, 5.41) is 0. The van der Waals surface area contributed by atoms with Gasteiger partial charge in [0.1, 0.15) is 0 Å². The molecule has 0 saturated carbocycles.